The smallest absolute Gasteiger partial charge is 0.256 e. The van der Waals surface area contributed by atoms with Crippen molar-refractivity contribution in [2.45, 2.75) is 6.04 Å². The van der Waals surface area contributed by atoms with Crippen LogP contribution in [-0.4, -0.2) is 25.2 Å². The average molecular weight is 311 g/mol. The molecule has 2 aromatic carbocycles. The second kappa shape index (κ2) is 5.68. The summed E-state index contributed by atoms with van der Waals surface area (Å²) in [5.41, 5.74) is 2.03. The number of aromatic hydroxyl groups is 1. The molecule has 1 heterocycles. The summed E-state index contributed by atoms with van der Waals surface area (Å²) >= 11 is 0. The zero-order chi connectivity index (χ0) is 16.6. The molecule has 5 nitrogen and oxygen atoms in total. The van der Waals surface area contributed by atoms with E-state index in [4.69, 9.17) is 9.47 Å². The van der Waals surface area contributed by atoms with Crippen molar-refractivity contribution in [3.05, 3.63) is 60.2 Å². The van der Waals surface area contributed by atoms with Crippen LogP contribution in [0.3, 0.4) is 0 Å². The number of amides is 1. The third kappa shape index (κ3) is 2.40. The number of ether oxygens (including phenoxy) is 2. The van der Waals surface area contributed by atoms with Crippen molar-refractivity contribution in [2.75, 3.05) is 19.1 Å². The Balaban J connectivity index is 1.95. The Morgan fingerprint density at radius 3 is 2.35 bits per heavy atom. The molecule has 1 aliphatic rings. The van der Waals surface area contributed by atoms with Gasteiger partial charge < -0.3 is 14.6 Å². The molecule has 1 amide bonds. The molecule has 1 aliphatic heterocycles. The van der Waals surface area contributed by atoms with E-state index in [0.29, 0.717) is 11.3 Å². The zero-order valence-electron chi connectivity index (χ0n) is 12.9. The number of methoxy groups -OCH3 is 2. The molecule has 1 N–H and O–H groups in total. The lowest BCUT2D eigenvalue weighted by Crippen LogP contribution is -2.48. The van der Waals surface area contributed by atoms with Gasteiger partial charge in [-0.15, -0.1) is 0 Å². The number of phenols is 1. The van der Waals surface area contributed by atoms with E-state index in [2.05, 4.69) is 6.58 Å². The summed E-state index contributed by atoms with van der Waals surface area (Å²) in [5.74, 6) is 1.02. The summed E-state index contributed by atoms with van der Waals surface area (Å²) in [6, 6.07) is 12.0. The molecule has 0 saturated carbocycles. The SMILES string of the molecule is C=C1C(=O)N(c2ccc(OC)cc2)C1c1ccc(OC)c(O)c1. The minimum Gasteiger partial charge on any atom is -0.504 e. The maximum atomic E-state index is 12.2. The highest BCUT2D eigenvalue weighted by molar-refractivity contribution is 6.15. The highest BCUT2D eigenvalue weighted by Crippen LogP contribution is 2.44. The van der Waals surface area contributed by atoms with E-state index in [-0.39, 0.29) is 17.7 Å². The number of phenolic OH excluding ortho intramolecular Hbond substituents is 1. The van der Waals surface area contributed by atoms with Crippen LogP contribution in [0.1, 0.15) is 11.6 Å². The van der Waals surface area contributed by atoms with Crippen LogP contribution in [0.2, 0.25) is 0 Å². The summed E-state index contributed by atoms with van der Waals surface area (Å²) < 4.78 is 10.2. The molecular formula is C18H17NO4. The van der Waals surface area contributed by atoms with Gasteiger partial charge in [0, 0.05) is 11.3 Å². The van der Waals surface area contributed by atoms with Crippen LogP contribution >= 0.6 is 0 Å². The first-order chi connectivity index (χ1) is 11.1. The summed E-state index contributed by atoms with van der Waals surface area (Å²) in [6.45, 7) is 3.85. The first-order valence-corrected chi connectivity index (χ1v) is 7.10. The Hall–Kier alpha value is -2.95. The van der Waals surface area contributed by atoms with Crippen LogP contribution in [0.25, 0.3) is 0 Å². The Kier molecular flexibility index (Phi) is 3.70. The predicted molar refractivity (Wildman–Crippen MR) is 87.0 cm³/mol. The first kappa shape index (κ1) is 15.0. The molecule has 1 fully saturated rings. The predicted octanol–water partition coefficient (Wildman–Crippen LogP) is 3.05. The summed E-state index contributed by atoms with van der Waals surface area (Å²) in [5, 5.41) is 9.96. The van der Waals surface area contributed by atoms with Crippen molar-refractivity contribution in [3.8, 4) is 17.2 Å². The number of β-lactam (4-membered cyclic amide) rings is 1. The number of nitrogens with zero attached hydrogens (tertiary/aromatic N) is 1. The summed E-state index contributed by atoms with van der Waals surface area (Å²) in [7, 11) is 3.08. The van der Waals surface area contributed by atoms with E-state index < -0.39 is 0 Å². The molecule has 0 aromatic heterocycles. The van der Waals surface area contributed by atoms with Gasteiger partial charge in [0.15, 0.2) is 11.5 Å². The van der Waals surface area contributed by atoms with Gasteiger partial charge in [-0.1, -0.05) is 12.6 Å². The van der Waals surface area contributed by atoms with Gasteiger partial charge in [0.05, 0.1) is 20.3 Å². The fourth-order valence-electron chi connectivity index (χ4n) is 2.72. The van der Waals surface area contributed by atoms with Crippen molar-refractivity contribution >= 4 is 11.6 Å². The van der Waals surface area contributed by atoms with E-state index >= 15 is 0 Å². The lowest BCUT2D eigenvalue weighted by molar-refractivity contribution is -0.118. The van der Waals surface area contributed by atoms with Crippen LogP contribution in [0.15, 0.2) is 54.6 Å². The number of hydrogen-bond acceptors (Lipinski definition) is 4. The third-order valence-corrected chi connectivity index (χ3v) is 3.95. The maximum Gasteiger partial charge on any atom is 0.256 e. The number of hydrogen-bond donors (Lipinski definition) is 1. The lowest BCUT2D eigenvalue weighted by atomic mass is 9.88. The molecule has 3 rings (SSSR count). The fourth-order valence-corrected chi connectivity index (χ4v) is 2.72. The summed E-state index contributed by atoms with van der Waals surface area (Å²) in [6.07, 6.45) is 0. The van der Waals surface area contributed by atoms with Crippen LogP contribution in [0, 0.1) is 0 Å². The van der Waals surface area contributed by atoms with Gasteiger partial charge in [-0.25, -0.2) is 0 Å². The number of rotatable bonds is 4. The molecule has 1 atom stereocenters. The van der Waals surface area contributed by atoms with Crippen molar-refractivity contribution in [2.24, 2.45) is 0 Å². The van der Waals surface area contributed by atoms with Gasteiger partial charge in [0.2, 0.25) is 0 Å². The topological polar surface area (TPSA) is 59.0 Å². The second-order valence-corrected chi connectivity index (χ2v) is 5.23. The number of benzene rings is 2. The van der Waals surface area contributed by atoms with Crippen molar-refractivity contribution in [1.29, 1.82) is 0 Å². The van der Waals surface area contributed by atoms with Crippen molar-refractivity contribution in [3.63, 3.8) is 0 Å². The third-order valence-electron chi connectivity index (χ3n) is 3.95. The molecule has 2 aromatic rings. The minimum absolute atomic E-state index is 0.0341. The highest BCUT2D eigenvalue weighted by Gasteiger charge is 2.42. The monoisotopic (exact) mass is 311 g/mol. The van der Waals surface area contributed by atoms with Crippen LogP contribution in [0.4, 0.5) is 5.69 Å². The van der Waals surface area contributed by atoms with E-state index in [9.17, 15) is 9.90 Å². The van der Waals surface area contributed by atoms with Crippen molar-refractivity contribution < 1.29 is 19.4 Å². The molecular weight excluding hydrogens is 294 g/mol. The molecule has 1 saturated heterocycles. The number of carbonyl (C=O) groups excluding carboxylic acids is 1. The second-order valence-electron chi connectivity index (χ2n) is 5.23. The van der Waals surface area contributed by atoms with Gasteiger partial charge in [-0.2, -0.15) is 0 Å². The zero-order valence-corrected chi connectivity index (χ0v) is 12.9. The van der Waals surface area contributed by atoms with Crippen LogP contribution in [0.5, 0.6) is 17.2 Å². The molecule has 0 radical (unpaired) electrons. The molecule has 1 unspecified atom stereocenters. The molecule has 0 bridgehead atoms. The van der Waals surface area contributed by atoms with E-state index in [1.54, 1.807) is 36.3 Å². The summed E-state index contributed by atoms with van der Waals surface area (Å²) in [4.78, 5) is 13.9. The van der Waals surface area contributed by atoms with Crippen LogP contribution in [-0.2, 0) is 4.79 Å². The first-order valence-electron chi connectivity index (χ1n) is 7.10. The molecule has 23 heavy (non-hydrogen) atoms. The lowest BCUT2D eigenvalue weighted by Gasteiger charge is -2.42. The Bertz CT molecular complexity index is 767. The minimum atomic E-state index is -0.298. The van der Waals surface area contributed by atoms with Crippen molar-refractivity contribution in [1.82, 2.24) is 0 Å². The number of anilines is 1. The molecule has 118 valence electrons. The Morgan fingerprint density at radius 2 is 1.78 bits per heavy atom. The van der Waals surface area contributed by atoms with E-state index in [0.717, 1.165) is 17.0 Å². The fraction of sp³-hybridized carbons (Fsp3) is 0.167. The van der Waals surface area contributed by atoms with Gasteiger partial charge in [-0.3, -0.25) is 9.69 Å². The quantitative estimate of drug-likeness (QED) is 0.696. The Morgan fingerprint density at radius 1 is 1.09 bits per heavy atom. The largest absolute Gasteiger partial charge is 0.504 e. The standard InChI is InChI=1S/C18H17NO4/c1-11-17(12-4-9-16(23-3)15(20)10-12)19(18(11)21)13-5-7-14(22-2)8-6-13/h4-10,17,20H,1H2,2-3H3. The number of carbonyl (C=O) groups is 1. The van der Waals surface area contributed by atoms with E-state index in [1.165, 1.54) is 7.11 Å². The van der Waals surface area contributed by atoms with Gasteiger partial charge in [0.1, 0.15) is 5.75 Å². The molecule has 0 aliphatic carbocycles. The molecule has 5 heteroatoms. The Labute approximate surface area is 134 Å². The van der Waals surface area contributed by atoms with Crippen LogP contribution < -0.4 is 14.4 Å². The average Bonchev–Trinajstić information content (AvgIpc) is 2.58. The molecule has 0 spiro atoms. The van der Waals surface area contributed by atoms with Gasteiger partial charge in [-0.05, 0) is 42.0 Å². The van der Waals surface area contributed by atoms with Gasteiger partial charge >= 0.3 is 0 Å². The maximum absolute atomic E-state index is 12.2. The van der Waals surface area contributed by atoms with E-state index in [1.807, 2.05) is 18.2 Å². The van der Waals surface area contributed by atoms with Gasteiger partial charge in [0.25, 0.3) is 5.91 Å². The highest BCUT2D eigenvalue weighted by atomic mass is 16.5. The normalized spacial score (nSPS) is 17.0.